The van der Waals surface area contributed by atoms with Crippen molar-refractivity contribution in [2.45, 2.75) is 20.4 Å². The Bertz CT molecular complexity index is 1480. The summed E-state index contributed by atoms with van der Waals surface area (Å²) in [6.07, 6.45) is 1.51. The second-order valence-corrected chi connectivity index (χ2v) is 9.77. The summed E-state index contributed by atoms with van der Waals surface area (Å²) in [5.74, 6) is -0.595. The van der Waals surface area contributed by atoms with Crippen LogP contribution in [0.4, 0.5) is 10.5 Å². The number of hydrogen-bond donors (Lipinski definition) is 2. The summed E-state index contributed by atoms with van der Waals surface area (Å²) in [4.78, 5) is 50.5. The van der Waals surface area contributed by atoms with Crippen molar-refractivity contribution in [1.82, 2.24) is 10.2 Å². The van der Waals surface area contributed by atoms with Crippen molar-refractivity contribution < 1.29 is 37.8 Å². The highest BCUT2D eigenvalue weighted by Crippen LogP contribution is 2.35. The Kier molecular flexibility index (Phi) is 9.09. The fourth-order valence-corrected chi connectivity index (χ4v) is 4.54. The summed E-state index contributed by atoms with van der Waals surface area (Å²) in [5.41, 5.74) is 2.36. The number of aryl methyl sites for hydroxylation is 1. The van der Waals surface area contributed by atoms with Crippen LogP contribution < -0.4 is 20.1 Å². The van der Waals surface area contributed by atoms with Gasteiger partial charge in [-0.1, -0.05) is 17.7 Å². The van der Waals surface area contributed by atoms with Crippen molar-refractivity contribution >= 4 is 58.2 Å². The SMILES string of the molecule is CCOc1cc(/C=C2\NC(=O)N(Cc3ccc(C(=O)OC)o3)C2=O)cc(I)c1OCC(=O)Nc1ccc(C)cc1. The first-order valence-corrected chi connectivity index (χ1v) is 13.2. The number of imide groups is 1. The smallest absolute Gasteiger partial charge is 0.373 e. The molecule has 3 aromatic rings. The number of carbonyl (C=O) groups excluding carboxylic acids is 4. The fraction of sp³-hybridized carbons (Fsp3) is 0.214. The summed E-state index contributed by atoms with van der Waals surface area (Å²) < 4.78 is 22.2. The number of amides is 4. The van der Waals surface area contributed by atoms with Crippen LogP contribution >= 0.6 is 22.6 Å². The molecule has 4 amide bonds. The minimum Gasteiger partial charge on any atom is -0.490 e. The molecule has 2 N–H and O–H groups in total. The number of nitrogens with zero attached hydrogens (tertiary/aromatic N) is 1. The Morgan fingerprint density at radius 3 is 2.55 bits per heavy atom. The summed E-state index contributed by atoms with van der Waals surface area (Å²) >= 11 is 2.05. The van der Waals surface area contributed by atoms with Crippen LogP contribution in [-0.2, 0) is 20.9 Å². The number of hydrogen-bond acceptors (Lipinski definition) is 8. The van der Waals surface area contributed by atoms with E-state index in [1.165, 1.54) is 25.3 Å². The van der Waals surface area contributed by atoms with Crippen molar-refractivity contribution in [2.75, 3.05) is 25.6 Å². The molecule has 1 aromatic heterocycles. The molecular formula is C28H26IN3O8. The van der Waals surface area contributed by atoms with E-state index >= 15 is 0 Å². The molecule has 40 heavy (non-hydrogen) atoms. The molecule has 0 spiro atoms. The number of ether oxygens (including phenoxy) is 3. The summed E-state index contributed by atoms with van der Waals surface area (Å²) in [7, 11) is 1.22. The molecule has 0 unspecified atom stereocenters. The van der Waals surface area contributed by atoms with E-state index in [0.717, 1.165) is 10.5 Å². The Hall–Kier alpha value is -4.33. The predicted molar refractivity (Wildman–Crippen MR) is 153 cm³/mol. The molecule has 0 bridgehead atoms. The zero-order valence-electron chi connectivity index (χ0n) is 21.9. The van der Waals surface area contributed by atoms with Crippen molar-refractivity contribution in [3.63, 3.8) is 0 Å². The quantitative estimate of drug-likeness (QED) is 0.141. The van der Waals surface area contributed by atoms with E-state index in [1.54, 1.807) is 12.1 Å². The first kappa shape index (κ1) is 28.7. The normalized spacial score (nSPS) is 13.8. The van der Waals surface area contributed by atoms with Gasteiger partial charge in [-0.25, -0.2) is 9.59 Å². The molecular weight excluding hydrogens is 633 g/mol. The number of halogens is 1. The first-order valence-electron chi connectivity index (χ1n) is 12.2. The molecule has 4 rings (SSSR count). The second-order valence-electron chi connectivity index (χ2n) is 8.60. The summed E-state index contributed by atoms with van der Waals surface area (Å²) in [6.45, 7) is 3.70. The number of anilines is 1. The predicted octanol–water partition coefficient (Wildman–Crippen LogP) is 4.49. The van der Waals surface area contributed by atoms with Gasteiger partial charge in [-0.3, -0.25) is 14.5 Å². The lowest BCUT2D eigenvalue weighted by Crippen LogP contribution is -2.30. The van der Waals surface area contributed by atoms with E-state index < -0.39 is 17.9 Å². The van der Waals surface area contributed by atoms with Crippen LogP contribution in [0, 0.1) is 10.5 Å². The highest BCUT2D eigenvalue weighted by atomic mass is 127. The van der Waals surface area contributed by atoms with Gasteiger partial charge < -0.3 is 29.3 Å². The minimum atomic E-state index is -0.664. The monoisotopic (exact) mass is 659 g/mol. The average Bonchev–Trinajstić information content (AvgIpc) is 3.49. The van der Waals surface area contributed by atoms with Crippen molar-refractivity contribution in [3.05, 3.63) is 80.4 Å². The largest absolute Gasteiger partial charge is 0.490 e. The number of urea groups is 1. The highest BCUT2D eigenvalue weighted by Gasteiger charge is 2.34. The van der Waals surface area contributed by atoms with Crippen LogP contribution in [0.5, 0.6) is 11.5 Å². The second kappa shape index (κ2) is 12.7. The standard InChI is InChI=1S/C28H26IN3O8/c1-4-38-23-13-17(11-20(29)25(23)39-15-24(33)30-18-7-5-16(2)6-8-18)12-21-26(34)32(28(36)31-21)14-19-9-10-22(40-19)27(35)37-3/h5-13H,4,14-15H2,1-3H3,(H,30,33)(H,31,36)/b21-12-. The Labute approximate surface area is 243 Å². The molecule has 1 aliphatic rings. The van der Waals surface area contributed by atoms with E-state index in [-0.39, 0.29) is 36.3 Å². The molecule has 208 valence electrons. The minimum absolute atomic E-state index is 0.0340. The van der Waals surface area contributed by atoms with Gasteiger partial charge in [-0.2, -0.15) is 0 Å². The van der Waals surface area contributed by atoms with E-state index in [9.17, 15) is 19.2 Å². The third-order valence-electron chi connectivity index (χ3n) is 5.65. The maximum atomic E-state index is 13.0. The molecule has 2 aromatic carbocycles. The molecule has 1 aliphatic heterocycles. The highest BCUT2D eigenvalue weighted by molar-refractivity contribution is 14.1. The van der Waals surface area contributed by atoms with Crippen LogP contribution in [0.15, 0.2) is 58.6 Å². The van der Waals surface area contributed by atoms with Gasteiger partial charge in [0.2, 0.25) is 5.76 Å². The molecule has 0 saturated carbocycles. The first-order chi connectivity index (χ1) is 19.2. The molecule has 0 aliphatic carbocycles. The fourth-order valence-electron chi connectivity index (χ4n) is 3.76. The Morgan fingerprint density at radius 2 is 1.85 bits per heavy atom. The number of methoxy groups -OCH3 is 1. The topological polar surface area (TPSA) is 136 Å². The lowest BCUT2D eigenvalue weighted by molar-refractivity contribution is -0.123. The number of rotatable bonds is 10. The molecule has 0 radical (unpaired) electrons. The van der Waals surface area contributed by atoms with E-state index in [0.29, 0.717) is 32.9 Å². The zero-order chi connectivity index (χ0) is 28.8. The van der Waals surface area contributed by atoms with Crippen molar-refractivity contribution in [3.8, 4) is 11.5 Å². The van der Waals surface area contributed by atoms with Gasteiger partial charge in [-0.15, -0.1) is 0 Å². The summed E-state index contributed by atoms with van der Waals surface area (Å²) in [5, 5.41) is 5.33. The Morgan fingerprint density at radius 1 is 1.10 bits per heavy atom. The van der Waals surface area contributed by atoms with Gasteiger partial charge >= 0.3 is 12.0 Å². The van der Waals surface area contributed by atoms with E-state index in [1.807, 2.05) is 38.1 Å². The third kappa shape index (κ3) is 6.81. The van der Waals surface area contributed by atoms with Crippen LogP contribution in [0.1, 0.15) is 34.4 Å². The van der Waals surface area contributed by atoms with Crippen LogP contribution in [0.2, 0.25) is 0 Å². The molecule has 12 heteroatoms. The van der Waals surface area contributed by atoms with Gasteiger partial charge in [0.15, 0.2) is 18.1 Å². The average molecular weight is 659 g/mol. The third-order valence-corrected chi connectivity index (χ3v) is 6.45. The van der Waals surface area contributed by atoms with Gasteiger partial charge in [0.25, 0.3) is 11.8 Å². The van der Waals surface area contributed by atoms with Crippen molar-refractivity contribution in [2.24, 2.45) is 0 Å². The number of esters is 1. The van der Waals surface area contributed by atoms with Gasteiger partial charge in [0.1, 0.15) is 11.5 Å². The molecule has 11 nitrogen and oxygen atoms in total. The Balaban J connectivity index is 1.47. The lowest BCUT2D eigenvalue weighted by Gasteiger charge is -2.15. The van der Waals surface area contributed by atoms with Gasteiger partial charge in [-0.05, 0) is 84.5 Å². The van der Waals surface area contributed by atoms with E-state index in [2.05, 4.69) is 38.0 Å². The van der Waals surface area contributed by atoms with Crippen LogP contribution in [0.25, 0.3) is 6.08 Å². The van der Waals surface area contributed by atoms with Gasteiger partial charge in [0, 0.05) is 5.69 Å². The maximum absolute atomic E-state index is 13.0. The zero-order valence-corrected chi connectivity index (χ0v) is 24.1. The van der Waals surface area contributed by atoms with E-state index in [4.69, 9.17) is 13.9 Å². The molecule has 1 saturated heterocycles. The van der Waals surface area contributed by atoms with Crippen LogP contribution in [-0.4, -0.2) is 49.0 Å². The summed E-state index contributed by atoms with van der Waals surface area (Å²) in [6, 6.07) is 13.1. The lowest BCUT2D eigenvalue weighted by atomic mass is 10.1. The van der Waals surface area contributed by atoms with Crippen LogP contribution in [0.3, 0.4) is 0 Å². The number of benzene rings is 2. The number of carbonyl (C=O) groups is 4. The maximum Gasteiger partial charge on any atom is 0.373 e. The number of nitrogens with one attached hydrogen (secondary N) is 2. The molecule has 0 atom stereocenters. The van der Waals surface area contributed by atoms with Gasteiger partial charge in [0.05, 0.1) is 23.8 Å². The molecule has 1 fully saturated rings. The number of furan rings is 1. The molecule has 2 heterocycles. The van der Waals surface area contributed by atoms with Crippen molar-refractivity contribution in [1.29, 1.82) is 0 Å².